The molecule has 2 rings (SSSR count). The maximum absolute atomic E-state index is 13.9. The van der Waals surface area contributed by atoms with Crippen molar-refractivity contribution < 1.29 is 14.2 Å². The molecule has 0 radical (unpaired) electrons. The van der Waals surface area contributed by atoms with Crippen LogP contribution in [0, 0.1) is 5.82 Å². The van der Waals surface area contributed by atoms with Crippen molar-refractivity contribution in [3.8, 4) is 0 Å². The Balaban J connectivity index is 2.13. The van der Waals surface area contributed by atoms with Crippen molar-refractivity contribution in [3.05, 3.63) is 34.1 Å². The summed E-state index contributed by atoms with van der Waals surface area (Å²) in [6.45, 7) is 0. The molecule has 1 aromatic rings. The Bertz CT molecular complexity index is 442. The van der Waals surface area contributed by atoms with E-state index in [2.05, 4.69) is 15.9 Å². The second-order valence-corrected chi connectivity index (χ2v) is 6.55. The number of hydrogen-bond acceptors (Lipinski definition) is 2. The van der Waals surface area contributed by atoms with Gasteiger partial charge in [0.1, 0.15) is 5.82 Å². The fraction of sp³-hybridized carbons (Fsp3) is 0.625. The molecule has 0 aromatic heterocycles. The van der Waals surface area contributed by atoms with Gasteiger partial charge in [-0.1, -0.05) is 47.7 Å². The molecular weight excluding hydrogens is 323 g/mol. The van der Waals surface area contributed by atoms with E-state index in [9.17, 15) is 9.50 Å². The van der Waals surface area contributed by atoms with Crippen LogP contribution in [0.1, 0.15) is 44.1 Å². The summed E-state index contributed by atoms with van der Waals surface area (Å²) in [5.41, 5.74) is 0.0251. The van der Waals surface area contributed by atoms with Crippen LogP contribution in [0.4, 0.5) is 4.39 Å². The number of ether oxygens (including phenoxy) is 1. The van der Waals surface area contributed by atoms with Gasteiger partial charge in [-0.25, -0.2) is 4.39 Å². The Morgan fingerprint density at radius 3 is 2.50 bits per heavy atom. The van der Waals surface area contributed by atoms with Crippen LogP contribution in [-0.2, 0) is 11.2 Å². The van der Waals surface area contributed by atoms with E-state index in [4.69, 9.17) is 4.74 Å². The highest BCUT2D eigenvalue weighted by Crippen LogP contribution is 2.34. The van der Waals surface area contributed by atoms with Gasteiger partial charge in [0.2, 0.25) is 0 Å². The normalized spacial score (nSPS) is 20.4. The summed E-state index contributed by atoms with van der Waals surface area (Å²) in [7, 11) is 1.66. The Kier molecular flexibility index (Phi) is 5.58. The Hall–Kier alpha value is -0.450. The first kappa shape index (κ1) is 15.9. The predicted octanol–water partition coefficient (Wildman–Crippen LogP) is 4.23. The minimum Gasteiger partial charge on any atom is -0.390 e. The van der Waals surface area contributed by atoms with E-state index in [1.54, 1.807) is 19.2 Å². The lowest BCUT2D eigenvalue weighted by molar-refractivity contribution is -0.111. The van der Waals surface area contributed by atoms with Gasteiger partial charge in [-0.15, -0.1) is 0 Å². The van der Waals surface area contributed by atoms with Gasteiger partial charge in [-0.2, -0.15) is 0 Å². The van der Waals surface area contributed by atoms with E-state index in [0.29, 0.717) is 16.5 Å². The first-order chi connectivity index (χ1) is 9.57. The molecule has 0 heterocycles. The van der Waals surface area contributed by atoms with Crippen LogP contribution in [0.5, 0.6) is 0 Å². The summed E-state index contributed by atoms with van der Waals surface area (Å²) in [6, 6.07) is 4.97. The summed E-state index contributed by atoms with van der Waals surface area (Å²) in [4.78, 5) is 0. The van der Waals surface area contributed by atoms with E-state index >= 15 is 0 Å². The van der Waals surface area contributed by atoms with Gasteiger partial charge < -0.3 is 9.84 Å². The summed E-state index contributed by atoms with van der Waals surface area (Å²) in [6.07, 6.45) is 5.83. The van der Waals surface area contributed by atoms with Crippen molar-refractivity contribution in [1.82, 2.24) is 0 Å². The second kappa shape index (κ2) is 7.01. The van der Waals surface area contributed by atoms with E-state index < -0.39 is 11.7 Å². The smallest absolute Gasteiger partial charge is 0.127 e. The number of aliphatic hydroxyl groups excluding tert-OH is 1. The molecule has 1 aliphatic rings. The SMILES string of the molecule is COC1(C(O)Cc2ccc(Br)cc2F)CCCCCC1. The van der Waals surface area contributed by atoms with Gasteiger partial charge >= 0.3 is 0 Å². The maximum Gasteiger partial charge on any atom is 0.127 e. The third-order valence-corrected chi connectivity index (χ3v) is 4.89. The molecule has 1 unspecified atom stereocenters. The van der Waals surface area contributed by atoms with Crippen LogP contribution in [0.25, 0.3) is 0 Å². The minimum atomic E-state index is -0.665. The van der Waals surface area contributed by atoms with Gasteiger partial charge in [0.25, 0.3) is 0 Å². The molecule has 0 saturated heterocycles. The van der Waals surface area contributed by atoms with Crippen LogP contribution < -0.4 is 0 Å². The zero-order valence-electron chi connectivity index (χ0n) is 11.9. The lowest BCUT2D eigenvalue weighted by Gasteiger charge is -2.36. The molecule has 0 bridgehead atoms. The Labute approximate surface area is 128 Å². The van der Waals surface area contributed by atoms with Gasteiger partial charge in [0.05, 0.1) is 11.7 Å². The zero-order valence-corrected chi connectivity index (χ0v) is 13.5. The zero-order chi connectivity index (χ0) is 14.6. The fourth-order valence-corrected chi connectivity index (χ4v) is 3.42. The molecule has 0 amide bonds. The number of aliphatic hydroxyl groups is 1. The highest BCUT2D eigenvalue weighted by Gasteiger charge is 2.38. The molecule has 0 aliphatic heterocycles. The molecule has 2 nitrogen and oxygen atoms in total. The van der Waals surface area contributed by atoms with Crippen molar-refractivity contribution in [2.75, 3.05) is 7.11 Å². The topological polar surface area (TPSA) is 29.5 Å². The molecule has 1 aliphatic carbocycles. The van der Waals surface area contributed by atoms with Crippen molar-refractivity contribution in [2.24, 2.45) is 0 Å². The van der Waals surface area contributed by atoms with Gasteiger partial charge in [0, 0.05) is 18.0 Å². The summed E-state index contributed by atoms with van der Waals surface area (Å²) in [5, 5.41) is 10.6. The Morgan fingerprint density at radius 2 is 1.95 bits per heavy atom. The molecule has 0 spiro atoms. The molecule has 1 atom stereocenters. The van der Waals surface area contributed by atoms with E-state index in [1.807, 2.05) is 0 Å². The van der Waals surface area contributed by atoms with Crippen LogP contribution in [-0.4, -0.2) is 23.9 Å². The van der Waals surface area contributed by atoms with E-state index in [1.165, 1.54) is 18.9 Å². The highest BCUT2D eigenvalue weighted by molar-refractivity contribution is 9.10. The number of benzene rings is 1. The summed E-state index contributed by atoms with van der Waals surface area (Å²) in [5.74, 6) is -0.279. The molecule has 1 fully saturated rings. The first-order valence-corrected chi connectivity index (χ1v) is 8.04. The monoisotopic (exact) mass is 344 g/mol. The average Bonchev–Trinajstić information content (AvgIpc) is 2.68. The number of hydrogen-bond donors (Lipinski definition) is 1. The molecule has 1 aromatic carbocycles. The van der Waals surface area contributed by atoms with Crippen molar-refractivity contribution >= 4 is 15.9 Å². The van der Waals surface area contributed by atoms with Crippen LogP contribution in [0.15, 0.2) is 22.7 Å². The summed E-state index contributed by atoms with van der Waals surface area (Å²) < 4.78 is 20.3. The van der Waals surface area contributed by atoms with Crippen molar-refractivity contribution in [2.45, 2.75) is 56.7 Å². The number of rotatable bonds is 4. The first-order valence-electron chi connectivity index (χ1n) is 7.24. The average molecular weight is 345 g/mol. The Morgan fingerprint density at radius 1 is 1.30 bits per heavy atom. The van der Waals surface area contributed by atoms with Crippen LogP contribution >= 0.6 is 15.9 Å². The number of methoxy groups -OCH3 is 1. The van der Waals surface area contributed by atoms with Crippen molar-refractivity contribution in [1.29, 1.82) is 0 Å². The lowest BCUT2D eigenvalue weighted by atomic mass is 9.84. The van der Waals surface area contributed by atoms with E-state index in [-0.39, 0.29) is 5.82 Å². The van der Waals surface area contributed by atoms with E-state index in [0.717, 1.165) is 25.7 Å². The maximum atomic E-state index is 13.9. The molecule has 1 N–H and O–H groups in total. The third-order valence-electron chi connectivity index (χ3n) is 4.39. The predicted molar refractivity (Wildman–Crippen MR) is 81.3 cm³/mol. The molecular formula is C16H22BrFO2. The van der Waals surface area contributed by atoms with Gasteiger partial charge in [0.15, 0.2) is 0 Å². The largest absolute Gasteiger partial charge is 0.390 e. The molecule has 112 valence electrons. The fourth-order valence-electron chi connectivity index (χ4n) is 3.08. The number of halogens is 2. The lowest BCUT2D eigenvalue weighted by Crippen LogP contribution is -2.45. The van der Waals surface area contributed by atoms with Crippen molar-refractivity contribution in [3.63, 3.8) is 0 Å². The third kappa shape index (κ3) is 3.60. The molecule has 20 heavy (non-hydrogen) atoms. The summed E-state index contributed by atoms with van der Waals surface area (Å²) >= 11 is 3.25. The van der Waals surface area contributed by atoms with Gasteiger partial charge in [-0.3, -0.25) is 0 Å². The highest BCUT2D eigenvalue weighted by atomic mass is 79.9. The van der Waals surface area contributed by atoms with Gasteiger partial charge in [-0.05, 0) is 30.5 Å². The quantitative estimate of drug-likeness (QED) is 0.828. The molecule has 1 saturated carbocycles. The van der Waals surface area contributed by atoms with Crippen LogP contribution in [0.3, 0.4) is 0 Å². The van der Waals surface area contributed by atoms with Crippen LogP contribution in [0.2, 0.25) is 0 Å². The molecule has 4 heteroatoms. The minimum absolute atomic E-state index is 0.279. The second-order valence-electron chi connectivity index (χ2n) is 5.64. The standard InChI is InChI=1S/C16H22BrFO2/c1-20-16(8-4-2-3-5-9-16)15(19)10-12-6-7-13(17)11-14(12)18/h6-7,11,15,19H,2-5,8-10H2,1H3.